The molecule has 0 saturated carbocycles. The van der Waals surface area contributed by atoms with Crippen molar-refractivity contribution in [2.24, 2.45) is 0 Å². The van der Waals surface area contributed by atoms with Crippen molar-refractivity contribution in [3.05, 3.63) is 147 Å². The number of rotatable bonds is 13. The van der Waals surface area contributed by atoms with E-state index in [1.54, 1.807) is 0 Å². The highest BCUT2D eigenvalue weighted by Gasteiger charge is 2.19. The summed E-state index contributed by atoms with van der Waals surface area (Å²) in [4.78, 5) is 23.0. The van der Waals surface area contributed by atoms with Gasteiger partial charge in [0.15, 0.2) is 0 Å². The Balaban J connectivity index is 1.44. The third-order valence-electron chi connectivity index (χ3n) is 7.94. The van der Waals surface area contributed by atoms with Gasteiger partial charge < -0.3 is 18.9 Å². The van der Waals surface area contributed by atoms with Crippen LogP contribution in [-0.4, -0.2) is 38.4 Å². The Kier molecular flexibility index (Phi) is 9.92. The summed E-state index contributed by atoms with van der Waals surface area (Å²) < 4.78 is 22.3. The van der Waals surface area contributed by atoms with Gasteiger partial charge in [0.2, 0.25) is 0 Å². The van der Waals surface area contributed by atoms with E-state index in [0.29, 0.717) is 11.5 Å². The Morgan fingerprint density at radius 3 is 1.75 bits per heavy atom. The highest BCUT2D eigenvalue weighted by molar-refractivity contribution is 6.08. The van der Waals surface area contributed by atoms with E-state index < -0.39 is 11.9 Å². The first-order valence-corrected chi connectivity index (χ1v) is 15.6. The summed E-state index contributed by atoms with van der Waals surface area (Å²) in [7, 11) is 0. The van der Waals surface area contributed by atoms with Gasteiger partial charge in [-0.05, 0) is 79.7 Å². The number of carbonyl (C=O) groups is 2. The van der Waals surface area contributed by atoms with Gasteiger partial charge in [-0.15, -0.1) is 0 Å². The first kappa shape index (κ1) is 31.8. The lowest BCUT2D eigenvalue weighted by Gasteiger charge is -2.20. The monoisotopic (exact) mass is 634 g/mol. The first-order chi connectivity index (χ1) is 23.6. The van der Waals surface area contributed by atoms with Crippen LogP contribution in [0, 0.1) is 0 Å². The molecule has 0 amide bonds. The van der Waals surface area contributed by atoms with E-state index in [0.717, 1.165) is 67.1 Å². The molecule has 6 aromatic carbocycles. The molecule has 0 spiro atoms. The molecule has 0 radical (unpaired) electrons. The van der Waals surface area contributed by atoms with Crippen LogP contribution in [0.25, 0.3) is 54.9 Å². The van der Waals surface area contributed by atoms with Crippen LogP contribution < -0.4 is 9.47 Å². The zero-order valence-corrected chi connectivity index (χ0v) is 26.4. The molecule has 6 heteroatoms. The molecule has 0 bridgehead atoms. The molecule has 0 heterocycles. The van der Waals surface area contributed by atoms with Crippen LogP contribution in [0.2, 0.25) is 0 Å². The molecule has 6 nitrogen and oxygen atoms in total. The lowest BCUT2D eigenvalue weighted by molar-refractivity contribution is -0.139. The lowest BCUT2D eigenvalue weighted by Crippen LogP contribution is -2.10. The van der Waals surface area contributed by atoms with E-state index >= 15 is 0 Å². The molecule has 6 rings (SSSR count). The SMILES string of the molecule is C=CC(=O)OCCOc1ccc(-c2ccccc2-c2cc3ccccc3cc2-c2c(OCCOC(=O)C=C)ccc3ccccc23)cc1. The van der Waals surface area contributed by atoms with Gasteiger partial charge in [-0.2, -0.15) is 0 Å². The van der Waals surface area contributed by atoms with Crippen molar-refractivity contribution in [3.8, 4) is 44.9 Å². The Hall–Kier alpha value is -6.14. The maximum Gasteiger partial charge on any atom is 0.330 e. The second-order valence-electron chi connectivity index (χ2n) is 10.9. The number of esters is 2. The maximum absolute atomic E-state index is 11.6. The van der Waals surface area contributed by atoms with E-state index in [9.17, 15) is 9.59 Å². The molecular formula is C42H34O6. The van der Waals surface area contributed by atoms with Gasteiger partial charge in [-0.25, -0.2) is 9.59 Å². The van der Waals surface area contributed by atoms with E-state index in [1.807, 2.05) is 72.8 Å². The maximum atomic E-state index is 11.6. The molecule has 0 N–H and O–H groups in total. The second-order valence-corrected chi connectivity index (χ2v) is 10.9. The molecule has 0 fully saturated rings. The van der Waals surface area contributed by atoms with E-state index in [4.69, 9.17) is 18.9 Å². The Bertz CT molecular complexity index is 2110. The van der Waals surface area contributed by atoms with Gasteiger partial charge in [-0.3, -0.25) is 0 Å². The third-order valence-corrected chi connectivity index (χ3v) is 7.94. The molecule has 0 saturated heterocycles. The van der Waals surface area contributed by atoms with Gasteiger partial charge in [-0.1, -0.05) is 104 Å². The van der Waals surface area contributed by atoms with Crippen LogP contribution in [0.15, 0.2) is 147 Å². The molecule has 0 unspecified atom stereocenters. The first-order valence-electron chi connectivity index (χ1n) is 15.6. The van der Waals surface area contributed by atoms with Crippen LogP contribution in [-0.2, 0) is 19.1 Å². The number of hydrogen-bond acceptors (Lipinski definition) is 6. The van der Waals surface area contributed by atoms with Crippen molar-refractivity contribution in [1.29, 1.82) is 0 Å². The Morgan fingerprint density at radius 1 is 0.521 bits per heavy atom. The van der Waals surface area contributed by atoms with Gasteiger partial charge in [0.05, 0.1) is 0 Å². The van der Waals surface area contributed by atoms with Crippen molar-refractivity contribution < 1.29 is 28.5 Å². The Morgan fingerprint density at radius 2 is 1.08 bits per heavy atom. The smallest absolute Gasteiger partial charge is 0.330 e. The number of ether oxygens (including phenoxy) is 4. The molecule has 6 aromatic rings. The average Bonchev–Trinajstić information content (AvgIpc) is 3.14. The van der Waals surface area contributed by atoms with Gasteiger partial charge >= 0.3 is 11.9 Å². The van der Waals surface area contributed by atoms with E-state index in [-0.39, 0.29) is 26.4 Å². The van der Waals surface area contributed by atoms with Crippen molar-refractivity contribution in [3.63, 3.8) is 0 Å². The van der Waals surface area contributed by atoms with Crippen molar-refractivity contribution >= 4 is 33.5 Å². The number of hydrogen-bond donors (Lipinski definition) is 0. The zero-order valence-electron chi connectivity index (χ0n) is 26.4. The minimum Gasteiger partial charge on any atom is -0.490 e. The van der Waals surface area contributed by atoms with Crippen molar-refractivity contribution in [1.82, 2.24) is 0 Å². The molecule has 0 atom stereocenters. The summed E-state index contributed by atoms with van der Waals surface area (Å²) in [6.45, 7) is 7.54. The number of benzene rings is 6. The van der Waals surface area contributed by atoms with Crippen molar-refractivity contribution in [2.45, 2.75) is 0 Å². The average molecular weight is 635 g/mol. The fraction of sp³-hybridized carbons (Fsp3) is 0.0952. The molecule has 0 aliphatic rings. The highest BCUT2D eigenvalue weighted by atomic mass is 16.6. The summed E-state index contributed by atoms with van der Waals surface area (Å²) in [5.74, 6) is 0.403. The van der Waals surface area contributed by atoms with Crippen LogP contribution in [0.3, 0.4) is 0 Å². The number of carbonyl (C=O) groups excluding carboxylic acids is 2. The van der Waals surface area contributed by atoms with Crippen molar-refractivity contribution in [2.75, 3.05) is 26.4 Å². The molecule has 238 valence electrons. The molecule has 48 heavy (non-hydrogen) atoms. The fourth-order valence-corrected chi connectivity index (χ4v) is 5.73. The molecule has 0 aromatic heterocycles. The second kappa shape index (κ2) is 15.0. The molecule has 0 aliphatic heterocycles. The van der Waals surface area contributed by atoms with Gasteiger partial charge in [0.1, 0.15) is 37.9 Å². The predicted molar refractivity (Wildman–Crippen MR) is 191 cm³/mol. The quantitative estimate of drug-likeness (QED) is 0.0717. The zero-order chi connectivity index (χ0) is 33.3. The topological polar surface area (TPSA) is 71.1 Å². The van der Waals surface area contributed by atoms with Crippen LogP contribution in [0.5, 0.6) is 11.5 Å². The minimum absolute atomic E-state index is 0.101. The normalized spacial score (nSPS) is 10.8. The predicted octanol–water partition coefficient (Wildman–Crippen LogP) is 9.21. The minimum atomic E-state index is -0.487. The summed E-state index contributed by atoms with van der Waals surface area (Å²) >= 11 is 0. The number of fused-ring (bicyclic) bond motifs is 2. The third kappa shape index (κ3) is 7.13. The van der Waals surface area contributed by atoms with E-state index in [2.05, 4.69) is 61.7 Å². The summed E-state index contributed by atoms with van der Waals surface area (Å²) in [6, 6.07) is 41.3. The summed E-state index contributed by atoms with van der Waals surface area (Å²) in [5, 5.41) is 4.35. The van der Waals surface area contributed by atoms with Gasteiger partial charge in [0.25, 0.3) is 0 Å². The van der Waals surface area contributed by atoms with Crippen LogP contribution in [0.1, 0.15) is 0 Å². The largest absolute Gasteiger partial charge is 0.490 e. The van der Waals surface area contributed by atoms with Crippen LogP contribution in [0.4, 0.5) is 0 Å². The molecular weight excluding hydrogens is 600 g/mol. The Labute approximate surface area is 279 Å². The van der Waals surface area contributed by atoms with E-state index in [1.165, 1.54) is 0 Å². The molecule has 0 aliphatic carbocycles. The summed E-state index contributed by atoms with van der Waals surface area (Å²) in [5.41, 5.74) is 6.16. The van der Waals surface area contributed by atoms with Gasteiger partial charge in [0, 0.05) is 17.7 Å². The highest BCUT2D eigenvalue weighted by Crippen LogP contribution is 2.46. The fourth-order valence-electron chi connectivity index (χ4n) is 5.73. The lowest BCUT2D eigenvalue weighted by atomic mass is 9.86. The van der Waals surface area contributed by atoms with Crippen LogP contribution >= 0.6 is 0 Å². The summed E-state index contributed by atoms with van der Waals surface area (Å²) in [6.07, 6.45) is 2.27. The standard InChI is InChI=1S/C42H34O6/c1-3-40(43)47-25-23-45-33-20-17-30(18-21-33)34-14-9-10-16-36(34)37-27-31-12-5-6-13-32(31)28-38(37)42-35-15-8-7-11-29(35)19-22-39(42)46-24-26-48-41(44)4-2/h3-22,27-28H,1-2,23-26H2.